The van der Waals surface area contributed by atoms with Gasteiger partial charge in [-0.3, -0.25) is 4.99 Å². The first-order chi connectivity index (χ1) is 11.7. The van der Waals surface area contributed by atoms with Crippen molar-refractivity contribution >= 4 is 15.8 Å². The minimum absolute atomic E-state index is 0.0542. The number of aliphatic hydroxyl groups excluding tert-OH is 1. The summed E-state index contributed by atoms with van der Waals surface area (Å²) in [6.45, 7) is 4.69. The van der Waals surface area contributed by atoms with E-state index in [4.69, 9.17) is 4.74 Å². The van der Waals surface area contributed by atoms with Crippen molar-refractivity contribution in [3.63, 3.8) is 0 Å². The van der Waals surface area contributed by atoms with Gasteiger partial charge < -0.3 is 20.5 Å². The van der Waals surface area contributed by atoms with Gasteiger partial charge in [-0.2, -0.15) is 0 Å². The van der Waals surface area contributed by atoms with Gasteiger partial charge in [0.1, 0.15) is 15.6 Å². The number of benzene rings is 1. The Morgan fingerprint density at radius 1 is 1.40 bits per heavy atom. The average Bonchev–Trinajstić information content (AvgIpc) is 2.57. The van der Waals surface area contributed by atoms with Gasteiger partial charge in [0, 0.05) is 18.8 Å². The van der Waals surface area contributed by atoms with Crippen LogP contribution in [0.25, 0.3) is 0 Å². The van der Waals surface area contributed by atoms with Gasteiger partial charge in [0.2, 0.25) is 0 Å². The third-order valence-electron chi connectivity index (χ3n) is 3.55. The third-order valence-corrected chi connectivity index (χ3v) is 4.53. The van der Waals surface area contributed by atoms with E-state index in [2.05, 4.69) is 15.6 Å². The highest BCUT2D eigenvalue weighted by Gasteiger charge is 2.11. The Morgan fingerprint density at radius 2 is 2.12 bits per heavy atom. The van der Waals surface area contributed by atoms with Crippen LogP contribution in [0.2, 0.25) is 0 Å². The average molecular weight is 372 g/mol. The number of aliphatic imine (C=N–C) groups is 1. The number of guanidine groups is 1. The van der Waals surface area contributed by atoms with Crippen molar-refractivity contribution in [1.29, 1.82) is 0 Å². The predicted molar refractivity (Wildman–Crippen MR) is 101 cm³/mol. The van der Waals surface area contributed by atoms with Crippen LogP contribution in [0.1, 0.15) is 31.9 Å². The zero-order valence-electron chi connectivity index (χ0n) is 15.3. The molecule has 0 radical (unpaired) electrons. The Hall–Kier alpha value is -1.80. The quantitative estimate of drug-likeness (QED) is 0.444. The summed E-state index contributed by atoms with van der Waals surface area (Å²) in [5, 5.41) is 16.6. The Bertz CT molecular complexity index is 662. The van der Waals surface area contributed by atoms with Crippen LogP contribution in [0, 0.1) is 0 Å². The molecule has 2 atom stereocenters. The number of sulfone groups is 1. The molecule has 7 nitrogen and oxygen atoms in total. The van der Waals surface area contributed by atoms with Crippen LogP contribution in [-0.2, 0) is 9.84 Å². The number of methoxy groups -OCH3 is 1. The number of aliphatic hydroxyl groups is 1. The first kappa shape index (κ1) is 21.2. The molecule has 0 heterocycles. The van der Waals surface area contributed by atoms with Gasteiger partial charge in [0.15, 0.2) is 5.96 Å². The molecule has 142 valence electrons. The molecule has 0 amide bonds. The minimum Gasteiger partial charge on any atom is -0.497 e. The molecule has 1 aromatic carbocycles. The molecule has 0 saturated carbocycles. The van der Waals surface area contributed by atoms with Crippen molar-refractivity contribution in [2.24, 2.45) is 4.99 Å². The number of hydrogen-bond acceptors (Lipinski definition) is 5. The zero-order valence-corrected chi connectivity index (χ0v) is 16.1. The standard InChI is InChI=1S/C17H29N3O4S/c1-5-18-17(20-13(2)9-10-25(4,22)23)19-12-16(21)14-7-6-8-15(11-14)24-3/h6-8,11,13,16,21H,5,9-10,12H2,1-4H3,(H2,18,19,20). The predicted octanol–water partition coefficient (Wildman–Crippen LogP) is 1.11. The fourth-order valence-electron chi connectivity index (χ4n) is 2.15. The van der Waals surface area contributed by atoms with Crippen molar-refractivity contribution < 1.29 is 18.3 Å². The first-order valence-corrected chi connectivity index (χ1v) is 10.4. The van der Waals surface area contributed by atoms with Crippen molar-refractivity contribution in [3.05, 3.63) is 29.8 Å². The van der Waals surface area contributed by atoms with E-state index in [1.54, 1.807) is 13.2 Å². The van der Waals surface area contributed by atoms with E-state index < -0.39 is 15.9 Å². The highest BCUT2D eigenvalue weighted by Crippen LogP contribution is 2.19. The number of hydrogen-bond donors (Lipinski definition) is 3. The van der Waals surface area contributed by atoms with Crippen molar-refractivity contribution in [2.75, 3.05) is 32.2 Å². The fourth-order valence-corrected chi connectivity index (χ4v) is 2.93. The number of ether oxygens (including phenoxy) is 1. The molecule has 2 unspecified atom stereocenters. The van der Waals surface area contributed by atoms with Gasteiger partial charge in [-0.15, -0.1) is 0 Å². The molecule has 0 aromatic heterocycles. The van der Waals surface area contributed by atoms with Crippen molar-refractivity contribution in [2.45, 2.75) is 32.4 Å². The van der Waals surface area contributed by atoms with Gasteiger partial charge >= 0.3 is 0 Å². The van der Waals surface area contributed by atoms with Crippen LogP contribution in [0.3, 0.4) is 0 Å². The zero-order chi connectivity index (χ0) is 18.9. The number of nitrogens with one attached hydrogen (secondary N) is 2. The lowest BCUT2D eigenvalue weighted by Crippen LogP contribution is -2.43. The van der Waals surface area contributed by atoms with E-state index in [1.807, 2.05) is 32.0 Å². The lowest BCUT2D eigenvalue weighted by atomic mass is 10.1. The van der Waals surface area contributed by atoms with Crippen LogP contribution >= 0.6 is 0 Å². The maximum Gasteiger partial charge on any atom is 0.191 e. The maximum atomic E-state index is 11.3. The topological polar surface area (TPSA) is 100 Å². The van der Waals surface area contributed by atoms with E-state index in [-0.39, 0.29) is 18.3 Å². The molecule has 0 saturated heterocycles. The molecule has 0 bridgehead atoms. The normalized spacial score (nSPS) is 14.7. The smallest absolute Gasteiger partial charge is 0.191 e. The molecule has 1 rings (SSSR count). The summed E-state index contributed by atoms with van der Waals surface area (Å²) in [6.07, 6.45) is 0.961. The lowest BCUT2D eigenvalue weighted by molar-refractivity contribution is 0.186. The molecule has 25 heavy (non-hydrogen) atoms. The molecule has 0 spiro atoms. The lowest BCUT2D eigenvalue weighted by Gasteiger charge is -2.18. The van der Waals surface area contributed by atoms with Crippen LogP contribution in [0.4, 0.5) is 0 Å². The minimum atomic E-state index is -2.99. The second kappa shape index (κ2) is 10.2. The molecule has 3 N–H and O–H groups in total. The van der Waals surface area contributed by atoms with E-state index >= 15 is 0 Å². The monoisotopic (exact) mass is 371 g/mol. The number of nitrogens with zero attached hydrogens (tertiary/aromatic N) is 1. The summed E-state index contributed by atoms with van der Waals surface area (Å²) >= 11 is 0. The molecular formula is C17H29N3O4S. The Morgan fingerprint density at radius 3 is 2.72 bits per heavy atom. The third kappa shape index (κ3) is 8.74. The van der Waals surface area contributed by atoms with E-state index in [9.17, 15) is 13.5 Å². The van der Waals surface area contributed by atoms with Gasteiger partial charge in [-0.1, -0.05) is 12.1 Å². The first-order valence-electron chi connectivity index (χ1n) is 8.29. The highest BCUT2D eigenvalue weighted by molar-refractivity contribution is 7.90. The maximum absolute atomic E-state index is 11.3. The number of rotatable bonds is 9. The highest BCUT2D eigenvalue weighted by atomic mass is 32.2. The summed E-state index contributed by atoms with van der Waals surface area (Å²) in [5.74, 6) is 1.35. The summed E-state index contributed by atoms with van der Waals surface area (Å²) in [6, 6.07) is 7.17. The second-order valence-electron chi connectivity index (χ2n) is 5.98. The van der Waals surface area contributed by atoms with Gasteiger partial charge in [0.25, 0.3) is 0 Å². The molecule has 0 fully saturated rings. The summed E-state index contributed by atoms with van der Waals surface area (Å²) in [5.41, 5.74) is 0.726. The fraction of sp³-hybridized carbons (Fsp3) is 0.588. The van der Waals surface area contributed by atoms with E-state index in [0.29, 0.717) is 24.7 Å². The largest absolute Gasteiger partial charge is 0.497 e. The van der Waals surface area contributed by atoms with Crippen molar-refractivity contribution in [3.8, 4) is 5.75 Å². The molecule has 0 aliphatic rings. The molecule has 0 aliphatic heterocycles. The van der Waals surface area contributed by atoms with Crippen LogP contribution in [0.5, 0.6) is 5.75 Å². The SMILES string of the molecule is CCNC(=NCC(O)c1cccc(OC)c1)NC(C)CCS(C)(=O)=O. The Labute approximate surface area is 150 Å². The summed E-state index contributed by atoms with van der Waals surface area (Å²) < 4.78 is 27.7. The summed E-state index contributed by atoms with van der Waals surface area (Å²) in [4.78, 5) is 4.38. The van der Waals surface area contributed by atoms with Gasteiger partial charge in [0.05, 0.1) is 25.5 Å². The van der Waals surface area contributed by atoms with Crippen LogP contribution < -0.4 is 15.4 Å². The molecular weight excluding hydrogens is 342 g/mol. The van der Waals surface area contributed by atoms with Crippen LogP contribution in [0.15, 0.2) is 29.3 Å². The second-order valence-corrected chi connectivity index (χ2v) is 8.24. The van der Waals surface area contributed by atoms with E-state index in [1.165, 1.54) is 6.26 Å². The molecule has 0 aliphatic carbocycles. The van der Waals surface area contributed by atoms with E-state index in [0.717, 1.165) is 5.56 Å². The van der Waals surface area contributed by atoms with Crippen molar-refractivity contribution in [1.82, 2.24) is 10.6 Å². The Kier molecular flexibility index (Phi) is 8.71. The molecule has 1 aromatic rings. The Balaban J connectivity index is 2.67. The van der Waals surface area contributed by atoms with Gasteiger partial charge in [-0.25, -0.2) is 8.42 Å². The molecule has 8 heteroatoms. The summed E-state index contributed by atoms with van der Waals surface area (Å²) in [7, 11) is -1.41. The van der Waals surface area contributed by atoms with Gasteiger partial charge in [-0.05, 0) is 38.0 Å². The van der Waals surface area contributed by atoms with Crippen LogP contribution in [-0.4, -0.2) is 57.7 Å².